The molecule has 4 N–H and O–H groups in total. The van der Waals surface area contributed by atoms with Crippen molar-refractivity contribution < 1.29 is 48.1 Å². The number of aromatic amines is 2. The van der Waals surface area contributed by atoms with Gasteiger partial charge in [0.15, 0.2) is 17.1 Å². The largest absolute Gasteiger partial charge is 0.497 e. The molecule has 23 nitrogen and oxygen atoms in total. The molecule has 3 amide bonds. The van der Waals surface area contributed by atoms with Crippen molar-refractivity contribution in [3.05, 3.63) is 179 Å². The number of anilines is 4. The van der Waals surface area contributed by atoms with Crippen LogP contribution in [0.2, 0.25) is 20.1 Å². The fourth-order valence-corrected chi connectivity index (χ4v) is 10.3. The van der Waals surface area contributed by atoms with Gasteiger partial charge in [-0.15, -0.1) is 25.5 Å². The van der Waals surface area contributed by atoms with Crippen LogP contribution in [-0.2, 0) is 41.7 Å². The number of halogens is 4. The molecular weight excluding hydrogens is 1160 g/mol. The van der Waals surface area contributed by atoms with Crippen molar-refractivity contribution in [2.24, 2.45) is 0 Å². The molecule has 3 aromatic heterocycles. The highest BCUT2D eigenvalue weighted by Gasteiger charge is 2.35. The number of amides is 3. The Labute approximate surface area is 493 Å². The minimum Gasteiger partial charge on any atom is -0.497 e. The summed E-state index contributed by atoms with van der Waals surface area (Å²) in [6, 6.07) is 29.3. The summed E-state index contributed by atoms with van der Waals surface area (Å²) in [5.74, 6) is -3.16. The van der Waals surface area contributed by atoms with Crippen LogP contribution in [0.5, 0.6) is 5.75 Å². The molecule has 428 valence electrons. The molecule has 0 radical (unpaired) electrons. The first-order chi connectivity index (χ1) is 40.1. The van der Waals surface area contributed by atoms with Crippen LogP contribution in [0.3, 0.4) is 0 Å². The van der Waals surface area contributed by atoms with Crippen LogP contribution >= 0.6 is 46.4 Å². The number of nitrogens with zero attached hydrogens (tertiary/aromatic N) is 10. The van der Waals surface area contributed by atoms with Gasteiger partial charge in [-0.1, -0.05) is 63.7 Å². The molecule has 0 spiro atoms. The lowest BCUT2D eigenvalue weighted by Gasteiger charge is -2.18. The number of hydrogen-bond acceptors (Lipinski definition) is 16. The lowest BCUT2D eigenvalue weighted by Crippen LogP contribution is -2.32. The molecule has 0 bridgehead atoms. The van der Waals surface area contributed by atoms with E-state index in [1.165, 1.54) is 20.8 Å². The molecule has 12 rings (SSSR count). The molecule has 0 saturated carbocycles. The lowest BCUT2D eigenvalue weighted by atomic mass is 10.1. The first-order valence-electron chi connectivity index (χ1n) is 25.9. The zero-order chi connectivity index (χ0) is 58.9. The van der Waals surface area contributed by atoms with Gasteiger partial charge in [-0.3, -0.25) is 14.4 Å². The minimum atomic E-state index is -1.29. The number of esters is 2. The molecule has 4 aliphatic rings. The standard InChI is InChI=1S/C22H21ClN4O4.C14H13ClN4O3.C12H9ClN4O3.C8H8ClN/c1-3-31-22(29)19-20(21(28)26-11-10-15-12-16(23)6-9-18(15)26)27(25-24-19)13-14-4-7-17(30-2)8-5-14;1-2-22-14(21)12-11(16-18-17-12)13(20)19-6-5-8-7-9(15)3-4-10(8)19;13-7-1-2-8-6(5-7)3-4-17(8)11(18)9-10(12(19)20)15-16-14-9;9-7-1-2-8-6(5-7)3-4-10-8/h4-9,12H,3,10-11,13H2,1-2H3;3-4,7H,2,5-6H2,1H3,(H,16,17,18);1-2,5H,3-4H2,(H,19,20)(H,14,15,16);1-2,5,10H,3-4H2. The third-order valence-electron chi connectivity index (χ3n) is 13.4. The number of carboxylic acids is 1. The van der Waals surface area contributed by atoms with Gasteiger partial charge in [0, 0.05) is 69.0 Å². The minimum absolute atomic E-state index is 0.0405. The molecule has 0 atom stereocenters. The third kappa shape index (κ3) is 13.2. The van der Waals surface area contributed by atoms with Crippen molar-refractivity contribution in [2.75, 3.05) is 66.5 Å². The number of benzene rings is 5. The molecule has 83 heavy (non-hydrogen) atoms. The van der Waals surface area contributed by atoms with Crippen LogP contribution in [0.15, 0.2) is 97.1 Å². The average Bonchev–Trinajstić information content (AvgIpc) is 3.47. The molecule has 7 heterocycles. The fourth-order valence-electron chi connectivity index (χ4n) is 9.53. The number of H-pyrrole nitrogens is 2. The van der Waals surface area contributed by atoms with Gasteiger partial charge in [-0.2, -0.15) is 10.4 Å². The smallest absolute Gasteiger partial charge is 0.361 e. The number of methoxy groups -OCH3 is 1. The number of nitrogens with one attached hydrogen (secondary N) is 3. The highest BCUT2D eigenvalue weighted by Crippen LogP contribution is 2.35. The number of hydrogen-bond donors (Lipinski definition) is 4. The molecule has 27 heteroatoms. The fraction of sp³-hybridized carbons (Fsp3) is 0.250. The van der Waals surface area contributed by atoms with Crippen molar-refractivity contribution in [1.29, 1.82) is 0 Å². The van der Waals surface area contributed by atoms with Crippen molar-refractivity contribution in [1.82, 2.24) is 45.8 Å². The van der Waals surface area contributed by atoms with Crippen LogP contribution in [0.1, 0.15) is 105 Å². The Balaban J connectivity index is 0.000000141. The second-order valence-corrected chi connectivity index (χ2v) is 20.2. The van der Waals surface area contributed by atoms with Crippen LogP contribution < -0.4 is 24.8 Å². The topological polar surface area (TPSA) is 286 Å². The number of aromatic nitrogens is 9. The molecule has 5 aromatic carbocycles. The van der Waals surface area contributed by atoms with E-state index in [0.717, 1.165) is 63.1 Å². The summed E-state index contributed by atoms with van der Waals surface area (Å²) in [7, 11) is 1.59. The maximum atomic E-state index is 13.6. The van der Waals surface area contributed by atoms with Crippen LogP contribution in [0.25, 0.3) is 0 Å². The highest BCUT2D eigenvalue weighted by atomic mass is 35.5. The lowest BCUT2D eigenvalue weighted by molar-refractivity contribution is 0.0507. The van der Waals surface area contributed by atoms with Crippen LogP contribution in [0, 0.1) is 0 Å². The first kappa shape index (κ1) is 58.7. The Bertz CT molecular complexity index is 3760. The first-order valence-corrected chi connectivity index (χ1v) is 27.4. The predicted molar refractivity (Wildman–Crippen MR) is 308 cm³/mol. The SMILES string of the molecule is CCOC(=O)c1n[nH]nc1C(=O)N1CCc2cc(Cl)ccc21.CCOC(=O)c1nnn(Cc2ccc(OC)cc2)c1C(=O)N1CCc2cc(Cl)ccc21.Clc1ccc2c(c1)CCN2.O=C(O)c1n[nH]nc1C(=O)N1CCc2cc(Cl)ccc21. The van der Waals surface area contributed by atoms with Gasteiger partial charge in [0.1, 0.15) is 5.75 Å². The summed E-state index contributed by atoms with van der Waals surface area (Å²) in [6.45, 7) is 6.50. The number of aromatic carboxylic acids is 1. The Hall–Kier alpha value is -8.90. The summed E-state index contributed by atoms with van der Waals surface area (Å²) in [6.07, 6.45) is 3.16. The van der Waals surface area contributed by atoms with Gasteiger partial charge in [0.05, 0.1) is 26.9 Å². The zero-order valence-electron chi connectivity index (χ0n) is 44.6. The normalized spacial score (nSPS) is 13.1. The average molecular weight is 1210 g/mol. The van der Waals surface area contributed by atoms with Crippen molar-refractivity contribution in [3.63, 3.8) is 0 Å². The molecule has 8 aromatic rings. The summed E-state index contributed by atoms with van der Waals surface area (Å²) in [5.41, 5.74) is 7.92. The molecule has 0 aliphatic carbocycles. The van der Waals surface area contributed by atoms with Crippen molar-refractivity contribution in [2.45, 2.75) is 46.1 Å². The second-order valence-electron chi connectivity index (χ2n) is 18.5. The van der Waals surface area contributed by atoms with Gasteiger partial charge in [0.25, 0.3) is 17.7 Å². The number of carbonyl (C=O) groups is 6. The quantitative estimate of drug-likeness (QED) is 0.0879. The summed E-state index contributed by atoms with van der Waals surface area (Å²) >= 11 is 23.8. The van der Waals surface area contributed by atoms with Gasteiger partial charge >= 0.3 is 17.9 Å². The third-order valence-corrected chi connectivity index (χ3v) is 14.3. The zero-order valence-corrected chi connectivity index (χ0v) is 47.6. The van der Waals surface area contributed by atoms with Gasteiger partial charge < -0.3 is 39.3 Å². The van der Waals surface area contributed by atoms with Crippen molar-refractivity contribution in [3.8, 4) is 5.75 Å². The van der Waals surface area contributed by atoms with E-state index < -0.39 is 29.7 Å². The monoisotopic (exact) mass is 1210 g/mol. The Morgan fingerprint density at radius 1 is 0.542 bits per heavy atom. The van der Waals surface area contributed by atoms with Crippen LogP contribution in [-0.4, -0.2) is 133 Å². The van der Waals surface area contributed by atoms with Crippen LogP contribution in [0.4, 0.5) is 22.7 Å². The van der Waals surface area contributed by atoms with E-state index in [9.17, 15) is 28.8 Å². The van der Waals surface area contributed by atoms with E-state index in [4.69, 9.17) is 65.7 Å². The Morgan fingerprint density at radius 2 is 0.988 bits per heavy atom. The molecular formula is C56H51Cl4N13O10. The van der Waals surface area contributed by atoms with E-state index in [-0.39, 0.29) is 59.8 Å². The number of carboxylic acid groups (broad SMARTS) is 1. The van der Waals surface area contributed by atoms with E-state index in [1.54, 1.807) is 67.2 Å². The maximum absolute atomic E-state index is 13.6. The second kappa shape index (κ2) is 26.3. The number of carbonyl (C=O) groups excluding carboxylic acids is 5. The number of fused-ring (bicyclic) bond motifs is 4. The molecule has 0 unspecified atom stereocenters. The maximum Gasteiger partial charge on any atom is 0.361 e. The van der Waals surface area contributed by atoms with E-state index >= 15 is 0 Å². The molecule has 0 saturated heterocycles. The Kier molecular flexibility index (Phi) is 18.6. The predicted octanol–water partition coefficient (Wildman–Crippen LogP) is 8.87. The van der Waals surface area contributed by atoms with Crippen molar-refractivity contribution >= 4 is 105 Å². The van der Waals surface area contributed by atoms with E-state index in [2.05, 4.69) is 46.5 Å². The summed E-state index contributed by atoms with van der Waals surface area (Å²) in [5, 5.41) is 42.1. The van der Waals surface area contributed by atoms with E-state index in [1.807, 2.05) is 60.7 Å². The van der Waals surface area contributed by atoms with E-state index in [0.29, 0.717) is 54.0 Å². The van der Waals surface area contributed by atoms with Gasteiger partial charge in [-0.25, -0.2) is 19.1 Å². The van der Waals surface area contributed by atoms with Gasteiger partial charge in [0.2, 0.25) is 17.1 Å². The molecule has 0 fully saturated rings. The summed E-state index contributed by atoms with van der Waals surface area (Å²) < 4.78 is 16.6. The van der Waals surface area contributed by atoms with Gasteiger partial charge in [-0.05, 0) is 152 Å². The molecule has 4 aliphatic heterocycles. The Morgan fingerprint density at radius 3 is 1.48 bits per heavy atom. The number of rotatable bonds is 11. The highest BCUT2D eigenvalue weighted by molar-refractivity contribution is 6.32. The number of ether oxygens (including phenoxy) is 3. The summed E-state index contributed by atoms with van der Waals surface area (Å²) in [4.78, 5) is 78.5.